The van der Waals surface area contributed by atoms with Gasteiger partial charge in [0.15, 0.2) is 0 Å². The van der Waals surface area contributed by atoms with Gasteiger partial charge in [-0.15, -0.1) is 0 Å². The van der Waals surface area contributed by atoms with Crippen molar-refractivity contribution < 1.29 is 9.53 Å². The van der Waals surface area contributed by atoms with E-state index in [2.05, 4.69) is 20.6 Å². The van der Waals surface area contributed by atoms with Gasteiger partial charge in [-0.05, 0) is 19.9 Å². The molecule has 3 rings (SSSR count). The predicted octanol–water partition coefficient (Wildman–Crippen LogP) is -0.0794. The molecule has 1 aromatic rings. The molecule has 2 aliphatic rings. The van der Waals surface area contributed by atoms with Crippen molar-refractivity contribution in [3.05, 3.63) is 23.8 Å². The summed E-state index contributed by atoms with van der Waals surface area (Å²) in [4.78, 5) is 20.4. The van der Waals surface area contributed by atoms with Gasteiger partial charge in [0.1, 0.15) is 6.10 Å². The molecule has 3 atom stereocenters. The van der Waals surface area contributed by atoms with Crippen molar-refractivity contribution in [2.24, 2.45) is 0 Å². The van der Waals surface area contributed by atoms with Crippen LogP contribution in [0.4, 0.5) is 0 Å². The van der Waals surface area contributed by atoms with Gasteiger partial charge in [-0.25, -0.2) is 0 Å². The maximum Gasteiger partial charge on any atom is 0.249 e. The van der Waals surface area contributed by atoms with E-state index in [1.165, 1.54) is 0 Å². The predicted molar refractivity (Wildman–Crippen MR) is 68.3 cm³/mol. The van der Waals surface area contributed by atoms with Gasteiger partial charge in [0.25, 0.3) is 0 Å². The minimum Gasteiger partial charge on any atom is -0.363 e. The number of rotatable bonds is 3. The largest absolute Gasteiger partial charge is 0.363 e. The van der Waals surface area contributed by atoms with Crippen LogP contribution >= 0.6 is 0 Å². The molecule has 2 fully saturated rings. The van der Waals surface area contributed by atoms with E-state index in [9.17, 15) is 4.79 Å². The van der Waals surface area contributed by atoms with Crippen molar-refractivity contribution in [1.29, 1.82) is 0 Å². The number of hydrogen-bond acceptors (Lipinski definition) is 5. The Morgan fingerprint density at radius 1 is 1.53 bits per heavy atom. The lowest BCUT2D eigenvalue weighted by Gasteiger charge is -2.12. The number of carbonyl (C=O) groups excluding carboxylic acids is 1. The second-order valence-corrected chi connectivity index (χ2v) is 5.12. The summed E-state index contributed by atoms with van der Waals surface area (Å²) < 4.78 is 5.74. The van der Waals surface area contributed by atoms with Gasteiger partial charge in [0, 0.05) is 18.7 Å². The molecule has 0 bridgehead atoms. The average molecular weight is 262 g/mol. The molecule has 6 nitrogen and oxygen atoms in total. The van der Waals surface area contributed by atoms with Crippen molar-refractivity contribution in [3.8, 4) is 0 Å². The molecule has 0 unspecified atom stereocenters. The smallest absolute Gasteiger partial charge is 0.249 e. The summed E-state index contributed by atoms with van der Waals surface area (Å²) in [6, 6.07) is 0.343. The molecule has 0 aromatic carbocycles. The van der Waals surface area contributed by atoms with E-state index in [0.29, 0.717) is 12.6 Å². The standard InChI is InChI=1S/C13H18N4O2/c1-8-5-16-9(6-15-8)7-17-13(18)12-4-10-11(19-12)2-3-14-10/h5-6,10-12,14H,2-4,7H2,1H3,(H,17,18)/t10-,11-,12-/m1/s1. The Hall–Kier alpha value is -1.53. The fourth-order valence-electron chi connectivity index (χ4n) is 2.61. The van der Waals surface area contributed by atoms with Crippen LogP contribution < -0.4 is 10.6 Å². The lowest BCUT2D eigenvalue weighted by Crippen LogP contribution is -2.35. The quantitative estimate of drug-likeness (QED) is 0.797. The van der Waals surface area contributed by atoms with Crippen LogP contribution in [0, 0.1) is 6.92 Å². The summed E-state index contributed by atoms with van der Waals surface area (Å²) in [5.74, 6) is -0.0569. The number of aromatic nitrogens is 2. The number of carbonyl (C=O) groups is 1. The topological polar surface area (TPSA) is 76.1 Å². The van der Waals surface area contributed by atoms with Gasteiger partial charge in [-0.1, -0.05) is 0 Å². The van der Waals surface area contributed by atoms with Gasteiger partial charge in [-0.2, -0.15) is 0 Å². The molecule has 0 radical (unpaired) electrons. The highest BCUT2D eigenvalue weighted by Gasteiger charge is 2.41. The number of hydrogen-bond donors (Lipinski definition) is 2. The number of ether oxygens (including phenoxy) is 1. The van der Waals surface area contributed by atoms with Gasteiger partial charge < -0.3 is 15.4 Å². The van der Waals surface area contributed by atoms with E-state index in [-0.39, 0.29) is 18.1 Å². The van der Waals surface area contributed by atoms with E-state index >= 15 is 0 Å². The first-order valence-corrected chi connectivity index (χ1v) is 6.66. The number of amides is 1. The fraction of sp³-hybridized carbons (Fsp3) is 0.615. The van der Waals surface area contributed by atoms with Crippen LogP contribution in [0.5, 0.6) is 0 Å². The van der Waals surface area contributed by atoms with Gasteiger partial charge >= 0.3 is 0 Å². The van der Waals surface area contributed by atoms with Crippen molar-refractivity contribution in [2.75, 3.05) is 6.54 Å². The molecule has 102 valence electrons. The normalized spacial score (nSPS) is 29.2. The Labute approximate surface area is 112 Å². The molecule has 2 N–H and O–H groups in total. The zero-order valence-electron chi connectivity index (χ0n) is 10.9. The first-order valence-electron chi connectivity index (χ1n) is 6.66. The van der Waals surface area contributed by atoms with E-state index in [1.54, 1.807) is 12.4 Å². The molecule has 1 amide bonds. The summed E-state index contributed by atoms with van der Waals surface area (Å²) in [5.41, 5.74) is 1.63. The van der Waals surface area contributed by atoms with Crippen molar-refractivity contribution in [1.82, 2.24) is 20.6 Å². The lowest BCUT2D eigenvalue weighted by atomic mass is 10.1. The number of nitrogens with one attached hydrogen (secondary N) is 2. The minimum absolute atomic E-state index is 0.0569. The van der Waals surface area contributed by atoms with Gasteiger partial charge in [-0.3, -0.25) is 14.8 Å². The molecule has 19 heavy (non-hydrogen) atoms. The highest BCUT2D eigenvalue weighted by molar-refractivity contribution is 5.81. The van der Waals surface area contributed by atoms with Crippen LogP contribution in [-0.4, -0.2) is 40.7 Å². The molecule has 2 saturated heterocycles. The maximum absolute atomic E-state index is 12.0. The Balaban J connectivity index is 1.50. The van der Waals surface area contributed by atoms with Gasteiger partial charge in [0.05, 0.1) is 30.2 Å². The third kappa shape index (κ3) is 2.74. The lowest BCUT2D eigenvalue weighted by molar-refractivity contribution is -0.132. The zero-order valence-corrected chi connectivity index (χ0v) is 10.9. The third-order valence-electron chi connectivity index (χ3n) is 3.66. The Bertz CT molecular complexity index is 450. The first kappa shape index (κ1) is 12.5. The van der Waals surface area contributed by atoms with Crippen molar-refractivity contribution >= 4 is 5.91 Å². The minimum atomic E-state index is -0.332. The van der Waals surface area contributed by atoms with Crippen molar-refractivity contribution in [3.63, 3.8) is 0 Å². The van der Waals surface area contributed by atoms with Crippen LogP contribution in [0.2, 0.25) is 0 Å². The number of nitrogens with zero attached hydrogens (tertiary/aromatic N) is 2. The average Bonchev–Trinajstić information content (AvgIpc) is 2.98. The van der Waals surface area contributed by atoms with Crippen LogP contribution in [0.25, 0.3) is 0 Å². The molecular formula is C13H18N4O2. The van der Waals surface area contributed by atoms with Crippen LogP contribution in [-0.2, 0) is 16.1 Å². The summed E-state index contributed by atoms with van der Waals surface area (Å²) in [6.07, 6.45) is 5.01. The molecule has 2 aliphatic heterocycles. The molecule has 0 aliphatic carbocycles. The fourth-order valence-corrected chi connectivity index (χ4v) is 2.61. The SMILES string of the molecule is Cc1cnc(CNC(=O)[C@H]2C[C@H]3NCC[C@H]3O2)cn1. The number of aryl methyl sites for hydroxylation is 1. The third-order valence-corrected chi connectivity index (χ3v) is 3.66. The Kier molecular flexibility index (Phi) is 3.44. The van der Waals surface area contributed by atoms with Gasteiger partial charge in [0.2, 0.25) is 5.91 Å². The van der Waals surface area contributed by atoms with Crippen LogP contribution in [0.15, 0.2) is 12.4 Å². The van der Waals surface area contributed by atoms with E-state index in [0.717, 1.165) is 30.8 Å². The second-order valence-electron chi connectivity index (χ2n) is 5.12. The molecular weight excluding hydrogens is 244 g/mol. The Morgan fingerprint density at radius 3 is 3.16 bits per heavy atom. The summed E-state index contributed by atoms with van der Waals surface area (Å²) >= 11 is 0. The molecule has 0 spiro atoms. The van der Waals surface area contributed by atoms with E-state index < -0.39 is 0 Å². The monoisotopic (exact) mass is 262 g/mol. The first-order chi connectivity index (χ1) is 9.22. The molecule has 6 heteroatoms. The molecule has 0 saturated carbocycles. The molecule has 1 aromatic heterocycles. The molecule has 3 heterocycles. The van der Waals surface area contributed by atoms with Crippen LogP contribution in [0.3, 0.4) is 0 Å². The zero-order chi connectivity index (χ0) is 13.2. The highest BCUT2D eigenvalue weighted by Crippen LogP contribution is 2.26. The number of fused-ring (bicyclic) bond motifs is 1. The summed E-state index contributed by atoms with van der Waals surface area (Å²) in [6.45, 7) is 3.27. The van der Waals surface area contributed by atoms with Crippen molar-refractivity contribution in [2.45, 2.75) is 44.6 Å². The van der Waals surface area contributed by atoms with E-state index in [1.807, 2.05) is 6.92 Å². The summed E-state index contributed by atoms with van der Waals surface area (Å²) in [5, 5.41) is 6.21. The second kappa shape index (κ2) is 5.22. The summed E-state index contributed by atoms with van der Waals surface area (Å²) in [7, 11) is 0. The maximum atomic E-state index is 12.0. The Morgan fingerprint density at radius 2 is 2.42 bits per heavy atom. The van der Waals surface area contributed by atoms with E-state index in [4.69, 9.17) is 4.74 Å². The van der Waals surface area contributed by atoms with Crippen LogP contribution in [0.1, 0.15) is 24.2 Å². The highest BCUT2D eigenvalue weighted by atomic mass is 16.5.